The van der Waals surface area contributed by atoms with E-state index in [4.69, 9.17) is 10.8 Å². The number of nitrogens with one attached hydrogen (secondary N) is 2. The van der Waals surface area contributed by atoms with Crippen LogP contribution in [-0.2, 0) is 4.79 Å². The number of rotatable bonds is 4. The van der Waals surface area contributed by atoms with Gasteiger partial charge in [-0.2, -0.15) is 0 Å². The van der Waals surface area contributed by atoms with Gasteiger partial charge in [0, 0.05) is 43.8 Å². The molecule has 3 aromatic rings. The molecule has 0 aromatic carbocycles. The summed E-state index contributed by atoms with van der Waals surface area (Å²) in [6.45, 7) is 5.22. The molecule has 0 saturated carbocycles. The summed E-state index contributed by atoms with van der Waals surface area (Å²) in [5.41, 5.74) is 2.39. The van der Waals surface area contributed by atoms with Crippen molar-refractivity contribution < 1.29 is 9.21 Å². The Morgan fingerprint density at radius 3 is 3.07 bits per heavy atom. The number of hydrogen-bond donors (Lipinski definition) is 2. The first-order valence-corrected chi connectivity index (χ1v) is 9.29. The van der Waals surface area contributed by atoms with E-state index in [-0.39, 0.29) is 18.4 Å². The van der Waals surface area contributed by atoms with Gasteiger partial charge in [0.05, 0.1) is 17.7 Å². The van der Waals surface area contributed by atoms with Crippen LogP contribution >= 0.6 is 0 Å². The Hall–Kier alpha value is -3.34. The summed E-state index contributed by atoms with van der Waals surface area (Å²) in [6.07, 6.45) is 9.96. The van der Waals surface area contributed by atoms with Crippen molar-refractivity contribution in [2.45, 2.75) is 32.7 Å². The van der Waals surface area contributed by atoms with E-state index < -0.39 is 0 Å². The van der Waals surface area contributed by atoms with E-state index in [0.29, 0.717) is 24.2 Å². The van der Waals surface area contributed by atoms with Gasteiger partial charge in [-0.1, -0.05) is 12.8 Å². The Labute approximate surface area is 162 Å². The van der Waals surface area contributed by atoms with Crippen LogP contribution in [0.25, 0.3) is 22.5 Å². The lowest BCUT2D eigenvalue weighted by Crippen LogP contribution is -2.48. The van der Waals surface area contributed by atoms with Crippen molar-refractivity contribution in [2.75, 3.05) is 18.4 Å². The molecule has 8 heteroatoms. The lowest BCUT2D eigenvalue weighted by Gasteiger charge is -2.37. The van der Waals surface area contributed by atoms with Crippen LogP contribution < -0.4 is 5.32 Å². The molecule has 0 radical (unpaired) electrons. The second-order valence-electron chi connectivity index (χ2n) is 7.27. The largest absolute Gasteiger partial charge is 0.421 e. The number of aryl methyl sites for hydroxylation is 1. The Kier molecular flexibility index (Phi) is 4.74. The van der Waals surface area contributed by atoms with Crippen molar-refractivity contribution in [3.63, 3.8) is 0 Å². The van der Waals surface area contributed by atoms with Crippen molar-refractivity contribution in [2.24, 2.45) is 5.92 Å². The third kappa shape index (κ3) is 3.43. The average molecular weight is 378 g/mol. The van der Waals surface area contributed by atoms with E-state index in [1.54, 1.807) is 13.1 Å². The molecule has 1 fully saturated rings. The number of piperidine rings is 1. The molecule has 28 heavy (non-hydrogen) atoms. The van der Waals surface area contributed by atoms with Crippen LogP contribution in [-0.4, -0.2) is 50.1 Å². The minimum atomic E-state index is -0.00452. The van der Waals surface area contributed by atoms with Crippen LogP contribution in [0.3, 0.4) is 0 Å². The zero-order valence-corrected chi connectivity index (χ0v) is 15.9. The number of anilines is 1. The number of carbonyl (C=O) groups excluding carboxylic acids is 1. The molecule has 1 aliphatic heterocycles. The summed E-state index contributed by atoms with van der Waals surface area (Å²) in [5.74, 6) is 3.72. The summed E-state index contributed by atoms with van der Waals surface area (Å²) >= 11 is 0. The molecule has 2 N–H and O–H groups in total. The lowest BCUT2D eigenvalue weighted by molar-refractivity contribution is -0.131. The molecule has 0 aliphatic carbocycles. The fraction of sp³-hybridized carbons (Fsp3) is 0.400. The lowest BCUT2D eigenvalue weighted by atomic mass is 9.95. The smallest absolute Gasteiger partial charge is 0.251 e. The number of aromatic nitrogens is 4. The maximum Gasteiger partial charge on any atom is 0.251 e. The molecule has 0 spiro atoms. The number of aromatic amines is 1. The highest BCUT2D eigenvalue weighted by atomic mass is 16.4. The number of likely N-dealkylation sites (tertiary alicyclic amines) is 1. The molecule has 1 amide bonds. The van der Waals surface area contributed by atoms with Gasteiger partial charge in [0.25, 0.3) is 5.89 Å². The molecule has 3 aromatic heterocycles. The summed E-state index contributed by atoms with van der Waals surface area (Å²) in [7, 11) is 0. The molecule has 0 unspecified atom stereocenters. The molecule has 4 rings (SSSR count). The van der Waals surface area contributed by atoms with E-state index in [9.17, 15) is 4.79 Å². The van der Waals surface area contributed by atoms with E-state index >= 15 is 0 Å². The number of carbonyl (C=O) groups is 1. The van der Waals surface area contributed by atoms with E-state index in [2.05, 4.69) is 38.3 Å². The SMILES string of the molecule is C#CCC(=O)N1C[C@@H](C)C[C@@H](Nc2c(-c3nnc(C)o3)cnc3[nH]ccc23)C1. The fourth-order valence-electron chi connectivity index (χ4n) is 3.79. The predicted octanol–water partition coefficient (Wildman–Crippen LogP) is 2.59. The van der Waals surface area contributed by atoms with Crippen LogP contribution in [0.15, 0.2) is 22.9 Å². The first-order chi connectivity index (χ1) is 13.5. The van der Waals surface area contributed by atoms with Gasteiger partial charge in [0.2, 0.25) is 11.8 Å². The molecule has 1 aliphatic rings. The topological polar surface area (TPSA) is 99.9 Å². The fourth-order valence-corrected chi connectivity index (χ4v) is 3.79. The van der Waals surface area contributed by atoms with Crippen LogP contribution in [0.5, 0.6) is 0 Å². The number of pyridine rings is 1. The van der Waals surface area contributed by atoms with Gasteiger partial charge in [-0.05, 0) is 18.4 Å². The normalized spacial score (nSPS) is 19.5. The Bertz CT molecular complexity index is 1050. The van der Waals surface area contributed by atoms with Gasteiger partial charge in [0.1, 0.15) is 5.65 Å². The van der Waals surface area contributed by atoms with Crippen LogP contribution in [0, 0.1) is 25.2 Å². The van der Waals surface area contributed by atoms with Crippen molar-refractivity contribution in [3.8, 4) is 23.8 Å². The predicted molar refractivity (Wildman–Crippen MR) is 105 cm³/mol. The van der Waals surface area contributed by atoms with Gasteiger partial charge < -0.3 is 19.6 Å². The second-order valence-corrected chi connectivity index (χ2v) is 7.27. The molecule has 2 atom stereocenters. The third-order valence-electron chi connectivity index (χ3n) is 4.96. The van der Waals surface area contributed by atoms with E-state index in [1.165, 1.54) is 0 Å². The Morgan fingerprint density at radius 1 is 1.46 bits per heavy atom. The van der Waals surface area contributed by atoms with Gasteiger partial charge in [-0.25, -0.2) is 4.98 Å². The van der Waals surface area contributed by atoms with Crippen molar-refractivity contribution in [1.29, 1.82) is 0 Å². The monoisotopic (exact) mass is 378 g/mol. The van der Waals surface area contributed by atoms with E-state index in [1.807, 2.05) is 17.2 Å². The van der Waals surface area contributed by atoms with E-state index in [0.717, 1.165) is 35.2 Å². The Balaban J connectivity index is 1.67. The number of H-pyrrole nitrogens is 1. The first-order valence-electron chi connectivity index (χ1n) is 9.29. The summed E-state index contributed by atoms with van der Waals surface area (Å²) in [6, 6.07) is 2.04. The van der Waals surface area contributed by atoms with Gasteiger partial charge in [0.15, 0.2) is 0 Å². The number of terminal acetylenes is 1. The van der Waals surface area contributed by atoms with Gasteiger partial charge in [-0.15, -0.1) is 16.6 Å². The first kappa shape index (κ1) is 18.0. The molecular weight excluding hydrogens is 356 g/mol. The maximum atomic E-state index is 12.3. The van der Waals surface area contributed by atoms with Crippen LogP contribution in [0.4, 0.5) is 5.69 Å². The number of amides is 1. The highest BCUT2D eigenvalue weighted by molar-refractivity contribution is 5.97. The third-order valence-corrected chi connectivity index (χ3v) is 4.96. The highest BCUT2D eigenvalue weighted by Gasteiger charge is 2.29. The Morgan fingerprint density at radius 2 is 2.32 bits per heavy atom. The van der Waals surface area contributed by atoms with Crippen LogP contribution in [0.1, 0.15) is 25.7 Å². The minimum absolute atomic E-state index is 0.00452. The maximum absolute atomic E-state index is 12.3. The standard InChI is InChI=1S/C20H22N6O2/c1-4-5-17(27)26-10-12(2)8-14(11-26)23-18-15-6-7-21-19(15)22-9-16(18)20-25-24-13(3)28-20/h1,6-7,9,12,14H,5,8,10-11H2,2-3H3,(H2,21,22,23)/t12-,14+/m0/s1. The average Bonchev–Trinajstić information content (AvgIpc) is 3.30. The summed E-state index contributed by atoms with van der Waals surface area (Å²) in [4.78, 5) is 21.7. The molecule has 1 saturated heterocycles. The van der Waals surface area contributed by atoms with Gasteiger partial charge in [-0.3, -0.25) is 4.79 Å². The zero-order chi connectivity index (χ0) is 19.7. The number of hydrogen-bond acceptors (Lipinski definition) is 6. The quantitative estimate of drug-likeness (QED) is 0.677. The number of fused-ring (bicyclic) bond motifs is 1. The molecule has 4 heterocycles. The minimum Gasteiger partial charge on any atom is -0.421 e. The number of nitrogens with zero attached hydrogens (tertiary/aromatic N) is 4. The summed E-state index contributed by atoms with van der Waals surface area (Å²) < 4.78 is 5.64. The highest BCUT2D eigenvalue weighted by Crippen LogP contribution is 2.34. The molecule has 144 valence electrons. The molecule has 8 nitrogen and oxygen atoms in total. The zero-order valence-electron chi connectivity index (χ0n) is 15.9. The van der Waals surface area contributed by atoms with Gasteiger partial charge >= 0.3 is 0 Å². The second kappa shape index (κ2) is 7.35. The van der Waals surface area contributed by atoms with Crippen molar-refractivity contribution in [1.82, 2.24) is 25.1 Å². The summed E-state index contributed by atoms with van der Waals surface area (Å²) in [5, 5.41) is 12.6. The van der Waals surface area contributed by atoms with Crippen molar-refractivity contribution >= 4 is 22.6 Å². The molecule has 0 bridgehead atoms. The van der Waals surface area contributed by atoms with Crippen LogP contribution in [0.2, 0.25) is 0 Å². The molecular formula is C20H22N6O2. The van der Waals surface area contributed by atoms with Crippen molar-refractivity contribution in [3.05, 3.63) is 24.4 Å².